The minimum Gasteiger partial charge on any atom is -0.493 e. The Bertz CT molecular complexity index is 3530. The number of nitrogens with zero attached hydrogens (tertiary/aromatic N) is 7. The lowest BCUT2D eigenvalue weighted by Crippen LogP contribution is -2.47. The number of carbonyl (C=O) groups excluding carboxylic acids is 5. The van der Waals surface area contributed by atoms with Gasteiger partial charge in [0.25, 0.3) is 29.5 Å². The topological polar surface area (TPSA) is 208 Å². The first kappa shape index (κ1) is 63.5. The van der Waals surface area contributed by atoms with Gasteiger partial charge in [0.15, 0.2) is 23.0 Å². The van der Waals surface area contributed by atoms with Crippen LogP contribution in [0.1, 0.15) is 145 Å². The Hall–Kier alpha value is -9.04. The molecule has 5 amide bonds. The van der Waals surface area contributed by atoms with Crippen molar-refractivity contribution in [3.05, 3.63) is 196 Å². The molecule has 4 atom stereocenters. The van der Waals surface area contributed by atoms with Crippen LogP contribution in [0.5, 0.6) is 23.0 Å². The van der Waals surface area contributed by atoms with Crippen molar-refractivity contribution in [1.29, 1.82) is 0 Å². The lowest BCUT2D eigenvalue weighted by molar-refractivity contribution is 0.0557. The summed E-state index contributed by atoms with van der Waals surface area (Å²) in [6.45, 7) is 11.7. The number of methoxy groups -OCH3 is 4. The number of rotatable bonds is 22. The Morgan fingerprint density at radius 1 is 0.534 bits per heavy atom. The summed E-state index contributed by atoms with van der Waals surface area (Å²) in [5.41, 5.74) is 13.8. The Labute approximate surface area is 516 Å². The van der Waals surface area contributed by atoms with E-state index in [4.69, 9.17) is 24.7 Å². The second-order valence-corrected chi connectivity index (χ2v) is 22.2. The normalized spacial score (nSPS) is 16.4. The van der Waals surface area contributed by atoms with Crippen molar-refractivity contribution in [3.8, 4) is 23.0 Å². The fourth-order valence-electron chi connectivity index (χ4n) is 12.5. The summed E-state index contributed by atoms with van der Waals surface area (Å²) in [7, 11) is 6.27. The van der Waals surface area contributed by atoms with Crippen LogP contribution in [0.25, 0.3) is 0 Å². The number of carbonyl (C=O) groups is 5. The molecule has 0 unspecified atom stereocenters. The van der Waals surface area contributed by atoms with Gasteiger partial charge in [0.1, 0.15) is 0 Å². The second-order valence-electron chi connectivity index (χ2n) is 22.2. The Morgan fingerprint density at radius 3 is 1.36 bits per heavy atom. The standard InChI is InChI=1S/C36H40N6O5.C32H38N4O4.CH4/c1-24(25-9-5-4-6-10-25)40-17-19-41(20-18-40)30-12-7-11-28-33(30)36(45)42(35(28)44)29(26-14-15-31(46-2)32(21-26)47-3)13-8-16-37-34(43)27-22-38-39-23-27;1-22(23-9-5-4-6-10-23)34-17-19-35(20-18-34)27-12-7-11-25-30(27)32(38)36(31(25)37)26(13-8-16-33)24-14-15-28(39-2)29(21-24)40-3;/h4-7,9-12,14-15,21-24,29H,8,13,16-20H2,1-3H3,(H,37,43)(H,38,39);4-7,9-12,14-15,21-22,26H,8,13,16-20,33H2,1-3H3;1H4/t24-,29-;22-,26-;/m11./s1. The number of fused-ring (bicyclic) bond motifs is 2. The van der Waals surface area contributed by atoms with Crippen LogP contribution in [-0.4, -0.2) is 153 Å². The third-order valence-corrected chi connectivity index (χ3v) is 17.4. The second kappa shape index (κ2) is 29.1. The number of ether oxygens (including phenoxy) is 4. The minimum absolute atomic E-state index is 0. The molecule has 4 N–H and O–H groups in total. The van der Waals surface area contributed by atoms with Crippen LogP contribution in [0.15, 0.2) is 146 Å². The molecule has 4 aliphatic rings. The lowest BCUT2D eigenvalue weighted by Gasteiger charge is -2.39. The van der Waals surface area contributed by atoms with E-state index in [-0.39, 0.29) is 43.0 Å². The highest BCUT2D eigenvalue weighted by Gasteiger charge is 2.45. The number of piperazine rings is 2. The molecule has 6 aromatic carbocycles. The molecular formula is C69H82N10O9. The number of imide groups is 2. The van der Waals surface area contributed by atoms with E-state index in [2.05, 4.69) is 97.5 Å². The van der Waals surface area contributed by atoms with E-state index in [1.54, 1.807) is 46.6 Å². The third-order valence-electron chi connectivity index (χ3n) is 17.4. The zero-order chi connectivity index (χ0) is 61.1. The van der Waals surface area contributed by atoms with Gasteiger partial charge in [0, 0.05) is 77.2 Å². The van der Waals surface area contributed by atoms with Crippen LogP contribution in [-0.2, 0) is 0 Å². The van der Waals surface area contributed by atoms with Crippen molar-refractivity contribution in [3.63, 3.8) is 0 Å². The predicted molar refractivity (Wildman–Crippen MR) is 341 cm³/mol. The number of nitrogens with one attached hydrogen (secondary N) is 2. The Balaban J connectivity index is 0.000000210. The molecule has 5 heterocycles. The molecule has 1 aromatic heterocycles. The number of aromatic amines is 1. The molecule has 0 radical (unpaired) electrons. The molecule has 462 valence electrons. The van der Waals surface area contributed by atoms with Crippen molar-refractivity contribution < 1.29 is 42.9 Å². The van der Waals surface area contributed by atoms with Crippen LogP contribution in [0.3, 0.4) is 0 Å². The van der Waals surface area contributed by atoms with Crippen LogP contribution in [0.4, 0.5) is 11.4 Å². The van der Waals surface area contributed by atoms with Gasteiger partial charge in [-0.15, -0.1) is 0 Å². The first-order valence-corrected chi connectivity index (χ1v) is 29.9. The smallest absolute Gasteiger partial charge is 0.264 e. The zero-order valence-corrected chi connectivity index (χ0v) is 50.4. The molecule has 2 saturated heterocycles. The molecule has 19 heteroatoms. The van der Waals surface area contributed by atoms with Crippen LogP contribution in [0, 0.1) is 0 Å². The summed E-state index contributed by atoms with van der Waals surface area (Å²) in [6.07, 6.45) is 5.16. The molecule has 0 aliphatic carbocycles. The number of anilines is 2. The van der Waals surface area contributed by atoms with Gasteiger partial charge in [-0.05, 0) is 117 Å². The number of hydrogen-bond acceptors (Lipinski definition) is 15. The van der Waals surface area contributed by atoms with E-state index in [1.807, 2.05) is 66.7 Å². The molecular weight excluding hydrogens is 1110 g/mol. The third kappa shape index (κ3) is 13.3. The monoisotopic (exact) mass is 1190 g/mol. The van der Waals surface area contributed by atoms with Gasteiger partial charge in [-0.25, -0.2) is 0 Å². The maximum Gasteiger partial charge on any atom is 0.264 e. The number of aromatic nitrogens is 2. The first-order chi connectivity index (χ1) is 42.4. The van der Waals surface area contributed by atoms with Gasteiger partial charge in [0.05, 0.1) is 85.9 Å². The van der Waals surface area contributed by atoms with E-state index in [9.17, 15) is 24.0 Å². The Morgan fingerprint density at radius 2 is 0.966 bits per heavy atom. The van der Waals surface area contributed by atoms with Crippen molar-refractivity contribution in [2.24, 2.45) is 5.73 Å². The summed E-state index contributed by atoms with van der Waals surface area (Å²) in [5.74, 6) is 0.781. The summed E-state index contributed by atoms with van der Waals surface area (Å²) in [4.78, 5) is 80.9. The average molecular weight is 1200 g/mol. The predicted octanol–water partition coefficient (Wildman–Crippen LogP) is 10.2. The van der Waals surface area contributed by atoms with Gasteiger partial charge < -0.3 is 39.8 Å². The quantitative estimate of drug-likeness (QED) is 0.0426. The maximum atomic E-state index is 14.3. The highest BCUT2D eigenvalue weighted by molar-refractivity contribution is 6.25. The van der Waals surface area contributed by atoms with Crippen LogP contribution < -0.4 is 39.8 Å². The summed E-state index contributed by atoms with van der Waals surface area (Å²) in [6, 6.07) is 42.7. The molecule has 19 nitrogen and oxygen atoms in total. The molecule has 11 rings (SSSR count). The van der Waals surface area contributed by atoms with Crippen LogP contribution >= 0.6 is 0 Å². The first-order valence-electron chi connectivity index (χ1n) is 29.9. The summed E-state index contributed by atoms with van der Waals surface area (Å²) >= 11 is 0. The fraction of sp³-hybridized carbons (Fsp3) is 0.362. The molecule has 0 bridgehead atoms. The van der Waals surface area contributed by atoms with Crippen molar-refractivity contribution in [1.82, 2.24) is 35.1 Å². The number of H-pyrrole nitrogens is 1. The van der Waals surface area contributed by atoms with Gasteiger partial charge in [-0.2, -0.15) is 5.10 Å². The van der Waals surface area contributed by atoms with Gasteiger partial charge in [-0.3, -0.25) is 48.7 Å². The summed E-state index contributed by atoms with van der Waals surface area (Å²) < 4.78 is 21.9. The highest BCUT2D eigenvalue weighted by atomic mass is 16.5. The number of benzene rings is 6. The summed E-state index contributed by atoms with van der Waals surface area (Å²) in [5, 5.41) is 9.36. The molecule has 88 heavy (non-hydrogen) atoms. The SMILES string of the molecule is C.COc1ccc([C@@H](CCCN)N2C(=O)c3cccc(N4CCN([C@H](C)c5ccccc5)CC4)c3C2=O)cc1OC.COc1ccc([C@@H](CCCNC(=O)c2cn[nH]c2)N2C(=O)c3cccc(N4CCN([C@H](C)c5ccccc5)CC4)c3C2=O)cc1OC. The van der Waals surface area contributed by atoms with Crippen LogP contribution in [0.2, 0.25) is 0 Å². The molecule has 2 fully saturated rings. The zero-order valence-electron chi connectivity index (χ0n) is 50.4. The average Bonchev–Trinajstić information content (AvgIpc) is 1.94. The van der Waals surface area contributed by atoms with Crippen molar-refractivity contribution >= 4 is 40.9 Å². The highest BCUT2D eigenvalue weighted by Crippen LogP contribution is 2.43. The number of amides is 5. The fourth-order valence-corrected chi connectivity index (χ4v) is 12.5. The lowest BCUT2D eigenvalue weighted by atomic mass is 9.99. The van der Waals surface area contributed by atoms with E-state index >= 15 is 0 Å². The number of nitrogens with two attached hydrogens (primary N) is 1. The van der Waals surface area contributed by atoms with E-state index < -0.39 is 12.1 Å². The van der Waals surface area contributed by atoms with Gasteiger partial charge in [-0.1, -0.05) is 92.4 Å². The van der Waals surface area contributed by atoms with Crippen molar-refractivity contribution in [2.45, 2.75) is 71.1 Å². The maximum absolute atomic E-state index is 14.3. The van der Waals surface area contributed by atoms with Crippen molar-refractivity contribution in [2.75, 3.05) is 104 Å². The van der Waals surface area contributed by atoms with Gasteiger partial charge >= 0.3 is 0 Å². The largest absolute Gasteiger partial charge is 0.493 e. The van der Waals surface area contributed by atoms with Gasteiger partial charge in [0.2, 0.25) is 0 Å². The molecule has 4 aliphatic heterocycles. The molecule has 0 saturated carbocycles. The molecule has 7 aromatic rings. The number of hydrogen-bond donors (Lipinski definition) is 3. The Kier molecular flexibility index (Phi) is 21.0. The van der Waals surface area contributed by atoms with E-state index in [0.29, 0.717) is 95.6 Å². The van der Waals surface area contributed by atoms with E-state index in [1.165, 1.54) is 33.3 Å². The minimum atomic E-state index is -0.593. The van der Waals surface area contributed by atoms with E-state index in [0.717, 1.165) is 74.9 Å². The molecule has 0 spiro atoms.